The molecule has 19 heavy (non-hydrogen) atoms. The van der Waals surface area contributed by atoms with Crippen LogP contribution in [0.2, 0.25) is 0 Å². The van der Waals surface area contributed by atoms with Gasteiger partial charge in [0.2, 0.25) is 0 Å². The maximum Gasteiger partial charge on any atom is 0.267 e. The Morgan fingerprint density at radius 3 is 3.00 bits per heavy atom. The number of nitrogens with one attached hydrogen (secondary N) is 1. The van der Waals surface area contributed by atoms with E-state index in [4.69, 9.17) is 0 Å². The van der Waals surface area contributed by atoms with Gasteiger partial charge in [0.1, 0.15) is 0 Å². The Morgan fingerprint density at radius 2 is 2.26 bits per heavy atom. The number of thioether (sulfide) groups is 1. The van der Waals surface area contributed by atoms with Crippen molar-refractivity contribution in [2.75, 3.05) is 11.6 Å². The maximum atomic E-state index is 11.9. The summed E-state index contributed by atoms with van der Waals surface area (Å²) in [6, 6.07) is 9.79. The molecule has 2 aromatic heterocycles. The van der Waals surface area contributed by atoms with Crippen molar-refractivity contribution in [3.63, 3.8) is 0 Å². The molecular weight excluding hydrogens is 296 g/mol. The minimum Gasteiger partial charge on any atom is -0.297 e. The Labute approximate surface area is 122 Å². The number of aromatic nitrogens is 1. The van der Waals surface area contributed by atoms with Crippen LogP contribution in [0.3, 0.4) is 0 Å². The molecule has 1 N–H and O–H groups in total. The number of carbonyl (C=O) groups is 1. The summed E-state index contributed by atoms with van der Waals surface area (Å²) in [5.74, 6) is -0.0980. The van der Waals surface area contributed by atoms with Gasteiger partial charge >= 0.3 is 0 Å². The van der Waals surface area contributed by atoms with Crippen molar-refractivity contribution in [2.24, 2.45) is 0 Å². The molecule has 0 saturated carbocycles. The van der Waals surface area contributed by atoms with Crippen LogP contribution in [0.4, 0.5) is 5.13 Å². The Kier molecular flexibility index (Phi) is 3.54. The quantitative estimate of drug-likeness (QED) is 0.732. The molecule has 0 bridgehead atoms. The van der Waals surface area contributed by atoms with Gasteiger partial charge in [0.05, 0.1) is 15.1 Å². The molecule has 2 heterocycles. The summed E-state index contributed by atoms with van der Waals surface area (Å²) in [7, 11) is 0. The second-order valence-electron chi connectivity index (χ2n) is 3.78. The molecule has 3 rings (SSSR count). The smallest absolute Gasteiger partial charge is 0.267 e. The number of benzene rings is 1. The fourth-order valence-electron chi connectivity index (χ4n) is 1.65. The SMILES string of the molecule is CSc1ccc2nc(NC(=O)c3cccs3)sc2c1. The first-order chi connectivity index (χ1) is 9.26. The molecule has 0 radical (unpaired) electrons. The van der Waals surface area contributed by atoms with Gasteiger partial charge in [-0.25, -0.2) is 4.98 Å². The molecule has 0 fully saturated rings. The van der Waals surface area contributed by atoms with Crippen molar-refractivity contribution >= 4 is 55.7 Å². The summed E-state index contributed by atoms with van der Waals surface area (Å²) in [6.07, 6.45) is 2.04. The third-order valence-corrected chi connectivity index (χ3v) is 5.09. The molecule has 0 aliphatic carbocycles. The standard InChI is InChI=1S/C13H10N2OS3/c1-17-8-4-5-9-11(7-8)19-13(14-9)15-12(16)10-3-2-6-18-10/h2-7H,1H3,(H,14,15,16). The van der Waals surface area contributed by atoms with E-state index in [9.17, 15) is 4.79 Å². The first-order valence-corrected chi connectivity index (χ1v) is 8.48. The van der Waals surface area contributed by atoms with E-state index in [1.165, 1.54) is 27.6 Å². The molecule has 6 heteroatoms. The maximum absolute atomic E-state index is 11.9. The van der Waals surface area contributed by atoms with Crippen LogP contribution in [0.25, 0.3) is 10.2 Å². The van der Waals surface area contributed by atoms with Crippen LogP contribution >= 0.6 is 34.4 Å². The lowest BCUT2D eigenvalue weighted by Gasteiger charge is -1.96. The normalized spacial score (nSPS) is 10.8. The van der Waals surface area contributed by atoms with Gasteiger partial charge in [0.25, 0.3) is 5.91 Å². The highest BCUT2D eigenvalue weighted by Crippen LogP contribution is 2.29. The van der Waals surface area contributed by atoms with Crippen molar-refractivity contribution in [3.8, 4) is 0 Å². The zero-order valence-electron chi connectivity index (χ0n) is 10.0. The second-order valence-corrected chi connectivity index (χ2v) is 6.64. The number of thiophene rings is 1. The third kappa shape index (κ3) is 2.65. The van der Waals surface area contributed by atoms with Gasteiger partial charge in [-0.3, -0.25) is 10.1 Å². The minimum absolute atomic E-state index is 0.0980. The number of carbonyl (C=O) groups excluding carboxylic acids is 1. The summed E-state index contributed by atoms with van der Waals surface area (Å²) >= 11 is 4.62. The number of nitrogens with zero attached hydrogens (tertiary/aromatic N) is 1. The van der Waals surface area contributed by atoms with Gasteiger partial charge in [0, 0.05) is 4.90 Å². The topological polar surface area (TPSA) is 42.0 Å². The van der Waals surface area contributed by atoms with Crippen LogP contribution in [0.5, 0.6) is 0 Å². The Balaban J connectivity index is 1.87. The Bertz CT molecular complexity index is 719. The van der Waals surface area contributed by atoms with Gasteiger partial charge < -0.3 is 0 Å². The van der Waals surface area contributed by atoms with Crippen molar-refractivity contribution in [3.05, 3.63) is 40.6 Å². The van der Waals surface area contributed by atoms with Gasteiger partial charge in [-0.05, 0) is 35.9 Å². The number of hydrogen-bond acceptors (Lipinski definition) is 5. The molecule has 0 aliphatic heterocycles. The number of anilines is 1. The molecule has 96 valence electrons. The highest BCUT2D eigenvalue weighted by molar-refractivity contribution is 7.98. The van der Waals surface area contributed by atoms with E-state index in [1.807, 2.05) is 29.8 Å². The first kappa shape index (κ1) is 12.7. The summed E-state index contributed by atoms with van der Waals surface area (Å²) < 4.78 is 1.09. The van der Waals surface area contributed by atoms with E-state index in [1.54, 1.807) is 17.8 Å². The van der Waals surface area contributed by atoms with Crippen molar-refractivity contribution < 1.29 is 4.79 Å². The van der Waals surface area contributed by atoms with E-state index in [-0.39, 0.29) is 5.91 Å². The van der Waals surface area contributed by atoms with E-state index >= 15 is 0 Å². The molecule has 0 spiro atoms. The number of thiazole rings is 1. The van der Waals surface area contributed by atoms with Crippen LogP contribution in [0, 0.1) is 0 Å². The van der Waals surface area contributed by atoms with E-state index in [0.29, 0.717) is 10.0 Å². The lowest BCUT2D eigenvalue weighted by Crippen LogP contribution is -2.09. The number of rotatable bonds is 3. The van der Waals surface area contributed by atoms with E-state index in [2.05, 4.69) is 16.4 Å². The number of hydrogen-bond donors (Lipinski definition) is 1. The largest absolute Gasteiger partial charge is 0.297 e. The molecule has 0 unspecified atom stereocenters. The Hall–Kier alpha value is -1.37. The Morgan fingerprint density at radius 1 is 1.37 bits per heavy atom. The molecule has 1 amide bonds. The predicted molar refractivity (Wildman–Crippen MR) is 83.7 cm³/mol. The van der Waals surface area contributed by atoms with Crippen LogP contribution in [0.15, 0.2) is 40.6 Å². The molecule has 0 saturated heterocycles. The van der Waals surface area contributed by atoms with Crippen molar-refractivity contribution in [1.82, 2.24) is 4.98 Å². The predicted octanol–water partition coefficient (Wildman–Crippen LogP) is 4.33. The van der Waals surface area contributed by atoms with Crippen molar-refractivity contribution in [2.45, 2.75) is 4.90 Å². The molecule has 1 aromatic carbocycles. The first-order valence-electron chi connectivity index (χ1n) is 5.56. The monoisotopic (exact) mass is 306 g/mol. The summed E-state index contributed by atoms with van der Waals surface area (Å²) in [6.45, 7) is 0. The van der Waals surface area contributed by atoms with Crippen molar-refractivity contribution in [1.29, 1.82) is 0 Å². The van der Waals surface area contributed by atoms with Gasteiger partial charge in [0.15, 0.2) is 5.13 Å². The lowest BCUT2D eigenvalue weighted by molar-refractivity contribution is 0.103. The zero-order valence-corrected chi connectivity index (χ0v) is 12.5. The van der Waals surface area contributed by atoms with Gasteiger partial charge in [-0.2, -0.15) is 0 Å². The lowest BCUT2D eigenvalue weighted by atomic mass is 10.3. The fraction of sp³-hybridized carbons (Fsp3) is 0.0769. The summed E-state index contributed by atoms with van der Waals surface area (Å²) in [5, 5.41) is 5.38. The number of fused-ring (bicyclic) bond motifs is 1. The highest BCUT2D eigenvalue weighted by Gasteiger charge is 2.10. The average Bonchev–Trinajstić information content (AvgIpc) is 3.06. The molecule has 0 aliphatic rings. The highest BCUT2D eigenvalue weighted by atomic mass is 32.2. The molecular formula is C13H10N2OS3. The number of amides is 1. The van der Waals surface area contributed by atoms with Gasteiger partial charge in [-0.1, -0.05) is 17.4 Å². The zero-order chi connectivity index (χ0) is 13.2. The molecule has 3 aromatic rings. The van der Waals surface area contributed by atoms with Gasteiger partial charge in [-0.15, -0.1) is 23.1 Å². The second kappa shape index (κ2) is 5.32. The average molecular weight is 306 g/mol. The van der Waals surface area contributed by atoms with Crippen LogP contribution in [-0.2, 0) is 0 Å². The van der Waals surface area contributed by atoms with E-state index in [0.717, 1.165) is 10.2 Å². The van der Waals surface area contributed by atoms with Crippen LogP contribution < -0.4 is 5.32 Å². The minimum atomic E-state index is -0.0980. The molecule has 3 nitrogen and oxygen atoms in total. The van der Waals surface area contributed by atoms with E-state index < -0.39 is 0 Å². The molecule has 0 atom stereocenters. The summed E-state index contributed by atoms with van der Waals surface area (Å²) in [4.78, 5) is 18.3. The van der Waals surface area contributed by atoms with Crippen LogP contribution in [-0.4, -0.2) is 17.1 Å². The third-order valence-electron chi connectivity index (χ3n) is 2.56. The summed E-state index contributed by atoms with van der Waals surface area (Å²) in [5.41, 5.74) is 0.921. The fourth-order valence-corrected chi connectivity index (χ4v) is 3.69. The van der Waals surface area contributed by atoms with Crippen LogP contribution in [0.1, 0.15) is 9.67 Å².